The maximum atomic E-state index is 12.9. The fraction of sp³-hybridized carbons (Fsp3) is 0.577. The summed E-state index contributed by atoms with van der Waals surface area (Å²) < 4.78 is 5.53. The van der Waals surface area contributed by atoms with Crippen LogP contribution in [0.25, 0.3) is 0 Å². The van der Waals surface area contributed by atoms with Crippen LogP contribution in [0.1, 0.15) is 74.7 Å². The third kappa shape index (κ3) is 7.50. The van der Waals surface area contributed by atoms with Gasteiger partial charge in [-0.2, -0.15) is 0 Å². The molecule has 2 aliphatic rings. The summed E-state index contributed by atoms with van der Waals surface area (Å²) in [5.41, 5.74) is 1.04. The molecule has 0 spiro atoms. The van der Waals surface area contributed by atoms with E-state index in [0.29, 0.717) is 24.1 Å². The van der Waals surface area contributed by atoms with Gasteiger partial charge in [-0.3, -0.25) is 4.79 Å². The zero-order valence-corrected chi connectivity index (χ0v) is 20.2. The maximum Gasteiger partial charge on any atom is 0.342 e. The van der Waals surface area contributed by atoms with Crippen LogP contribution >= 0.6 is 0 Å². The SMILES string of the molecule is CC1CCC=CCC(C)OC(=O)c2c(O)cc(O)cc2CC(=NOCC(=O)N2CCCCC2)C1. The Hall–Kier alpha value is -3.03. The van der Waals surface area contributed by atoms with E-state index in [1.807, 2.05) is 6.08 Å². The van der Waals surface area contributed by atoms with Gasteiger partial charge in [-0.15, -0.1) is 0 Å². The monoisotopic (exact) mass is 472 g/mol. The summed E-state index contributed by atoms with van der Waals surface area (Å²) in [5, 5.41) is 24.8. The number of phenols is 2. The first-order valence-corrected chi connectivity index (χ1v) is 12.2. The minimum Gasteiger partial charge on any atom is -0.508 e. The molecule has 1 saturated heterocycles. The van der Waals surface area contributed by atoms with E-state index in [4.69, 9.17) is 9.57 Å². The van der Waals surface area contributed by atoms with Crippen molar-refractivity contribution in [3.05, 3.63) is 35.4 Å². The van der Waals surface area contributed by atoms with E-state index in [-0.39, 0.29) is 48.0 Å². The maximum absolute atomic E-state index is 12.9. The van der Waals surface area contributed by atoms with Crippen LogP contribution in [0, 0.1) is 5.92 Å². The number of carbonyl (C=O) groups is 2. The van der Waals surface area contributed by atoms with Gasteiger partial charge < -0.3 is 24.7 Å². The molecule has 8 heteroatoms. The molecule has 0 saturated carbocycles. The topological polar surface area (TPSA) is 109 Å². The Morgan fingerprint density at radius 3 is 2.71 bits per heavy atom. The highest BCUT2D eigenvalue weighted by Crippen LogP contribution is 2.30. The number of hydrogen-bond donors (Lipinski definition) is 2. The Kier molecular flexibility index (Phi) is 9.36. The van der Waals surface area contributed by atoms with Crippen molar-refractivity contribution in [2.24, 2.45) is 11.1 Å². The number of carbonyl (C=O) groups excluding carboxylic acids is 2. The van der Waals surface area contributed by atoms with Gasteiger partial charge >= 0.3 is 5.97 Å². The number of hydrogen-bond acceptors (Lipinski definition) is 7. The third-order valence-corrected chi connectivity index (χ3v) is 6.23. The number of rotatable bonds is 3. The number of esters is 1. The Bertz CT molecular complexity index is 920. The summed E-state index contributed by atoms with van der Waals surface area (Å²) >= 11 is 0. The average Bonchev–Trinajstić information content (AvgIpc) is 2.78. The number of allylic oxidation sites excluding steroid dienone is 1. The quantitative estimate of drug-likeness (QED) is 0.385. The minimum absolute atomic E-state index is 0.00966. The lowest BCUT2D eigenvalue weighted by molar-refractivity contribution is -0.137. The van der Waals surface area contributed by atoms with Crippen molar-refractivity contribution in [1.29, 1.82) is 0 Å². The molecule has 186 valence electrons. The number of aromatic hydroxyl groups is 2. The summed E-state index contributed by atoms with van der Waals surface area (Å²) in [7, 11) is 0. The molecule has 0 bridgehead atoms. The Balaban J connectivity index is 1.84. The smallest absolute Gasteiger partial charge is 0.342 e. The van der Waals surface area contributed by atoms with Crippen LogP contribution in [0.2, 0.25) is 0 Å². The Labute approximate surface area is 201 Å². The average molecular weight is 473 g/mol. The number of amides is 1. The summed E-state index contributed by atoms with van der Waals surface area (Å²) in [6.45, 7) is 5.27. The van der Waals surface area contributed by atoms with Crippen molar-refractivity contribution < 1.29 is 29.4 Å². The molecule has 2 aliphatic heterocycles. The molecular weight excluding hydrogens is 436 g/mol. The number of cyclic esters (lactones) is 1. The van der Waals surface area contributed by atoms with Crippen LogP contribution in [-0.4, -0.2) is 58.5 Å². The molecule has 0 aliphatic carbocycles. The number of phenolic OH excluding ortho intramolecular Hbond substituents is 2. The number of nitrogens with zero attached hydrogens (tertiary/aromatic N) is 2. The zero-order valence-electron chi connectivity index (χ0n) is 20.2. The van der Waals surface area contributed by atoms with Crippen LogP contribution in [-0.2, 0) is 20.8 Å². The standard InChI is InChI=1S/C26H36N2O6/c1-18-9-5-3-6-10-19(2)34-26(32)25-20(15-22(29)16-23(25)30)14-21(13-18)27-33-17-24(31)28-11-7-4-8-12-28/h3,6,15-16,18-19,29-30H,4-5,7-14,17H2,1-2H3. The van der Waals surface area contributed by atoms with Crippen LogP contribution in [0.4, 0.5) is 0 Å². The van der Waals surface area contributed by atoms with Gasteiger partial charge in [-0.1, -0.05) is 24.2 Å². The molecule has 3 rings (SSSR count). The molecular formula is C26H36N2O6. The fourth-order valence-corrected chi connectivity index (χ4v) is 4.40. The van der Waals surface area contributed by atoms with E-state index in [1.54, 1.807) is 11.8 Å². The van der Waals surface area contributed by atoms with Gasteiger partial charge in [0.1, 0.15) is 23.2 Å². The first-order chi connectivity index (χ1) is 16.3. The van der Waals surface area contributed by atoms with Crippen LogP contribution in [0.5, 0.6) is 11.5 Å². The van der Waals surface area contributed by atoms with Gasteiger partial charge in [-0.25, -0.2) is 4.79 Å². The molecule has 34 heavy (non-hydrogen) atoms. The Morgan fingerprint density at radius 1 is 1.18 bits per heavy atom. The number of oxime groups is 1. The highest BCUT2D eigenvalue weighted by molar-refractivity contribution is 5.97. The first-order valence-electron chi connectivity index (χ1n) is 12.2. The lowest BCUT2D eigenvalue weighted by Gasteiger charge is -2.26. The van der Waals surface area contributed by atoms with Crippen molar-refractivity contribution in [1.82, 2.24) is 4.90 Å². The van der Waals surface area contributed by atoms with Gasteiger partial charge in [0.25, 0.3) is 5.91 Å². The molecule has 0 radical (unpaired) electrons. The predicted octanol–water partition coefficient (Wildman–Crippen LogP) is 4.34. The van der Waals surface area contributed by atoms with Gasteiger partial charge in [-0.05, 0) is 63.0 Å². The van der Waals surface area contributed by atoms with Crippen molar-refractivity contribution in [3.63, 3.8) is 0 Å². The molecule has 2 heterocycles. The minimum atomic E-state index is -0.654. The second-order valence-electron chi connectivity index (χ2n) is 9.36. The summed E-state index contributed by atoms with van der Waals surface area (Å²) in [6.07, 6.45) is 10.1. The van der Waals surface area contributed by atoms with Crippen LogP contribution < -0.4 is 0 Å². The van der Waals surface area contributed by atoms with E-state index in [1.165, 1.54) is 6.07 Å². The second kappa shape index (κ2) is 12.4. The summed E-state index contributed by atoms with van der Waals surface area (Å²) in [4.78, 5) is 32.6. The number of fused-ring (bicyclic) bond motifs is 1. The van der Waals surface area contributed by atoms with Crippen molar-refractivity contribution in [2.45, 2.75) is 71.3 Å². The number of likely N-dealkylation sites (tertiary alicyclic amines) is 1. The molecule has 1 aromatic rings. The second-order valence-corrected chi connectivity index (χ2v) is 9.36. The van der Waals surface area contributed by atoms with E-state index in [9.17, 15) is 19.8 Å². The molecule has 2 atom stereocenters. The van der Waals surface area contributed by atoms with Crippen LogP contribution in [0.15, 0.2) is 29.4 Å². The lowest BCUT2D eigenvalue weighted by atomic mass is 9.93. The lowest BCUT2D eigenvalue weighted by Crippen LogP contribution is -2.37. The molecule has 2 unspecified atom stereocenters. The zero-order chi connectivity index (χ0) is 24.5. The highest BCUT2D eigenvalue weighted by atomic mass is 16.6. The predicted molar refractivity (Wildman–Crippen MR) is 129 cm³/mol. The number of piperidine rings is 1. The third-order valence-electron chi connectivity index (χ3n) is 6.23. The van der Waals surface area contributed by atoms with Gasteiger partial charge in [0.2, 0.25) is 0 Å². The number of benzene rings is 1. The molecule has 8 nitrogen and oxygen atoms in total. The Morgan fingerprint density at radius 2 is 1.94 bits per heavy atom. The van der Waals surface area contributed by atoms with Crippen molar-refractivity contribution in [2.75, 3.05) is 19.7 Å². The fourth-order valence-electron chi connectivity index (χ4n) is 4.40. The highest BCUT2D eigenvalue weighted by Gasteiger charge is 2.23. The largest absolute Gasteiger partial charge is 0.508 e. The number of ether oxygens (including phenoxy) is 1. The van der Waals surface area contributed by atoms with Gasteiger partial charge in [0.15, 0.2) is 6.61 Å². The summed E-state index contributed by atoms with van der Waals surface area (Å²) in [6, 6.07) is 2.56. The van der Waals surface area contributed by atoms with Crippen LogP contribution in [0.3, 0.4) is 0 Å². The first kappa shape index (κ1) is 25.6. The summed E-state index contributed by atoms with van der Waals surface area (Å²) in [5.74, 6) is -0.958. The van der Waals surface area contributed by atoms with E-state index in [2.05, 4.69) is 18.2 Å². The molecule has 1 aromatic carbocycles. The van der Waals surface area contributed by atoms with Crippen molar-refractivity contribution in [3.8, 4) is 11.5 Å². The van der Waals surface area contributed by atoms with Crippen molar-refractivity contribution >= 4 is 17.6 Å². The molecule has 1 amide bonds. The molecule has 0 aromatic heterocycles. The normalized spacial score (nSPS) is 23.6. The van der Waals surface area contributed by atoms with Gasteiger partial charge in [0.05, 0.1) is 5.71 Å². The van der Waals surface area contributed by atoms with E-state index >= 15 is 0 Å². The van der Waals surface area contributed by atoms with E-state index in [0.717, 1.165) is 51.3 Å². The molecule has 1 fully saturated rings. The van der Waals surface area contributed by atoms with E-state index < -0.39 is 5.97 Å². The van der Waals surface area contributed by atoms with Gasteiger partial charge in [0, 0.05) is 32.0 Å². The molecule has 2 N–H and O–H groups in total.